The highest BCUT2D eigenvalue weighted by molar-refractivity contribution is 7.20. The number of carbonyl (C=O) groups excluding carboxylic acids is 1. The molecule has 0 aliphatic heterocycles. The monoisotopic (exact) mass is 477 g/mol. The average molecular weight is 478 g/mol. The number of ketones is 1. The molecule has 0 radical (unpaired) electrons. The van der Waals surface area contributed by atoms with E-state index in [0.29, 0.717) is 27.0 Å². The Bertz CT molecular complexity index is 1490. The van der Waals surface area contributed by atoms with E-state index in [0.717, 1.165) is 4.70 Å². The standard InChI is InChI=1S/C24H16ClN3O4S/c1-32-15-9-10-16-18(12-15)33-24(27-16)28-20(13-5-7-14(25)8-6-13)19(22(30)23(28)31)21(29)17-4-2-3-11-26-17/h2-12,30-31H,1H3. The van der Waals surface area contributed by atoms with E-state index in [1.54, 1.807) is 61.7 Å². The number of benzene rings is 2. The zero-order chi connectivity index (χ0) is 23.1. The molecule has 5 aromatic rings. The normalized spacial score (nSPS) is 11.1. The summed E-state index contributed by atoms with van der Waals surface area (Å²) in [6.45, 7) is 0. The van der Waals surface area contributed by atoms with Gasteiger partial charge in [-0.3, -0.25) is 14.3 Å². The fourth-order valence-corrected chi connectivity index (χ4v) is 4.70. The molecule has 33 heavy (non-hydrogen) atoms. The zero-order valence-electron chi connectivity index (χ0n) is 17.2. The summed E-state index contributed by atoms with van der Waals surface area (Å²) in [5.41, 5.74) is 1.58. The van der Waals surface area contributed by atoms with E-state index in [4.69, 9.17) is 16.3 Å². The van der Waals surface area contributed by atoms with Gasteiger partial charge in [0.2, 0.25) is 11.7 Å². The summed E-state index contributed by atoms with van der Waals surface area (Å²) in [6.07, 6.45) is 1.49. The van der Waals surface area contributed by atoms with Crippen LogP contribution in [0.4, 0.5) is 0 Å². The zero-order valence-corrected chi connectivity index (χ0v) is 18.8. The Balaban J connectivity index is 1.79. The lowest BCUT2D eigenvalue weighted by molar-refractivity contribution is 0.103. The van der Waals surface area contributed by atoms with Crippen LogP contribution in [0.1, 0.15) is 16.1 Å². The van der Waals surface area contributed by atoms with Gasteiger partial charge in [0.25, 0.3) is 0 Å². The molecule has 7 nitrogen and oxygen atoms in total. The molecule has 3 aromatic heterocycles. The van der Waals surface area contributed by atoms with Crippen molar-refractivity contribution in [3.8, 4) is 33.8 Å². The predicted molar refractivity (Wildman–Crippen MR) is 127 cm³/mol. The number of aromatic nitrogens is 3. The number of thiazole rings is 1. The first-order chi connectivity index (χ1) is 16.0. The van der Waals surface area contributed by atoms with E-state index < -0.39 is 17.4 Å². The second-order valence-corrected chi connectivity index (χ2v) is 8.56. The van der Waals surface area contributed by atoms with Crippen LogP contribution in [0.2, 0.25) is 5.02 Å². The molecular weight excluding hydrogens is 462 g/mol. The molecule has 0 unspecified atom stereocenters. The lowest BCUT2D eigenvalue weighted by Gasteiger charge is -2.09. The largest absolute Gasteiger partial charge is 0.503 e. The van der Waals surface area contributed by atoms with Gasteiger partial charge in [-0.2, -0.15) is 0 Å². The molecule has 2 N–H and O–H groups in total. The Morgan fingerprint density at radius 3 is 2.58 bits per heavy atom. The van der Waals surface area contributed by atoms with Crippen molar-refractivity contribution in [1.82, 2.24) is 14.5 Å². The molecule has 0 bridgehead atoms. The molecule has 0 spiro atoms. The average Bonchev–Trinajstić information content (AvgIpc) is 3.37. The van der Waals surface area contributed by atoms with Gasteiger partial charge < -0.3 is 14.9 Å². The molecular formula is C24H16ClN3O4S. The molecule has 0 atom stereocenters. The van der Waals surface area contributed by atoms with Crippen molar-refractivity contribution in [3.05, 3.63) is 83.1 Å². The molecule has 0 saturated carbocycles. The van der Waals surface area contributed by atoms with Gasteiger partial charge in [-0.15, -0.1) is 0 Å². The minimum Gasteiger partial charge on any atom is -0.503 e. The Labute approximate surface area is 197 Å². The van der Waals surface area contributed by atoms with E-state index in [1.165, 1.54) is 22.1 Å². The van der Waals surface area contributed by atoms with Crippen LogP contribution in [0, 0.1) is 0 Å². The Morgan fingerprint density at radius 2 is 1.88 bits per heavy atom. The van der Waals surface area contributed by atoms with Gasteiger partial charge in [-0.1, -0.05) is 41.1 Å². The molecule has 3 heterocycles. The van der Waals surface area contributed by atoms with Gasteiger partial charge in [0, 0.05) is 11.2 Å². The van der Waals surface area contributed by atoms with Crippen molar-refractivity contribution in [1.29, 1.82) is 0 Å². The topological polar surface area (TPSA) is 97.5 Å². The molecule has 0 saturated heterocycles. The number of carbonyl (C=O) groups is 1. The molecule has 0 aliphatic rings. The van der Waals surface area contributed by atoms with Crippen molar-refractivity contribution in [2.45, 2.75) is 0 Å². The van der Waals surface area contributed by atoms with Crippen molar-refractivity contribution >= 4 is 38.9 Å². The number of pyridine rings is 1. The molecule has 5 rings (SSSR count). The van der Waals surface area contributed by atoms with Crippen LogP contribution in [-0.4, -0.2) is 37.6 Å². The van der Waals surface area contributed by atoms with Gasteiger partial charge in [0.1, 0.15) is 11.4 Å². The number of nitrogens with zero attached hydrogens (tertiary/aromatic N) is 3. The number of ether oxygens (including phenoxy) is 1. The second-order valence-electron chi connectivity index (χ2n) is 7.11. The number of aromatic hydroxyl groups is 2. The third kappa shape index (κ3) is 3.59. The molecule has 0 aliphatic carbocycles. The molecule has 0 fully saturated rings. The number of rotatable bonds is 5. The van der Waals surface area contributed by atoms with E-state index in [9.17, 15) is 15.0 Å². The summed E-state index contributed by atoms with van der Waals surface area (Å²) in [6, 6.07) is 17.1. The van der Waals surface area contributed by atoms with Crippen molar-refractivity contribution in [3.63, 3.8) is 0 Å². The third-order valence-corrected chi connectivity index (χ3v) is 6.39. The predicted octanol–water partition coefficient (Wildman–Crippen LogP) is 5.45. The van der Waals surface area contributed by atoms with Crippen molar-refractivity contribution in [2.24, 2.45) is 0 Å². The maximum atomic E-state index is 13.4. The van der Waals surface area contributed by atoms with E-state index in [2.05, 4.69) is 9.97 Å². The number of fused-ring (bicyclic) bond motifs is 1. The van der Waals surface area contributed by atoms with Gasteiger partial charge >= 0.3 is 0 Å². The van der Waals surface area contributed by atoms with Gasteiger partial charge in [0.15, 0.2) is 10.9 Å². The first-order valence-corrected chi connectivity index (χ1v) is 11.0. The summed E-state index contributed by atoms with van der Waals surface area (Å²) in [7, 11) is 1.58. The number of hydrogen-bond acceptors (Lipinski definition) is 7. The van der Waals surface area contributed by atoms with E-state index in [1.807, 2.05) is 6.07 Å². The summed E-state index contributed by atoms with van der Waals surface area (Å²) < 4.78 is 7.47. The summed E-state index contributed by atoms with van der Waals surface area (Å²) in [5, 5.41) is 22.7. The maximum absolute atomic E-state index is 13.4. The lowest BCUT2D eigenvalue weighted by atomic mass is 10.0. The number of hydrogen-bond donors (Lipinski definition) is 2. The van der Waals surface area contributed by atoms with Crippen LogP contribution in [0.3, 0.4) is 0 Å². The van der Waals surface area contributed by atoms with E-state index in [-0.39, 0.29) is 17.0 Å². The Kier molecular flexibility index (Phi) is 5.24. The van der Waals surface area contributed by atoms with Gasteiger partial charge in [-0.25, -0.2) is 4.98 Å². The quantitative estimate of drug-likeness (QED) is 0.326. The second kappa shape index (κ2) is 8.23. The smallest absolute Gasteiger partial charge is 0.242 e. The summed E-state index contributed by atoms with van der Waals surface area (Å²) >= 11 is 7.35. The lowest BCUT2D eigenvalue weighted by Crippen LogP contribution is -2.06. The van der Waals surface area contributed by atoms with Crippen molar-refractivity contribution in [2.75, 3.05) is 7.11 Å². The van der Waals surface area contributed by atoms with Gasteiger partial charge in [0.05, 0.1) is 28.6 Å². The highest BCUT2D eigenvalue weighted by Gasteiger charge is 2.31. The summed E-state index contributed by atoms with van der Waals surface area (Å²) in [4.78, 5) is 22.1. The third-order valence-electron chi connectivity index (χ3n) is 5.14. The SMILES string of the molecule is COc1ccc2nc(-n3c(O)c(O)c(C(=O)c4ccccn4)c3-c3ccc(Cl)cc3)sc2c1. The molecule has 0 amide bonds. The highest BCUT2D eigenvalue weighted by Crippen LogP contribution is 2.45. The highest BCUT2D eigenvalue weighted by atomic mass is 35.5. The van der Waals surface area contributed by atoms with Crippen LogP contribution in [0.15, 0.2) is 66.9 Å². The van der Waals surface area contributed by atoms with Crippen LogP contribution >= 0.6 is 22.9 Å². The number of methoxy groups -OCH3 is 1. The molecule has 164 valence electrons. The minimum absolute atomic E-state index is 0.0784. The van der Waals surface area contributed by atoms with E-state index >= 15 is 0 Å². The fraction of sp³-hybridized carbons (Fsp3) is 0.0417. The maximum Gasteiger partial charge on any atom is 0.242 e. The molecule has 2 aromatic carbocycles. The fourth-order valence-electron chi connectivity index (χ4n) is 3.57. The molecule has 9 heteroatoms. The van der Waals surface area contributed by atoms with Crippen LogP contribution in [-0.2, 0) is 0 Å². The first-order valence-electron chi connectivity index (χ1n) is 9.81. The Morgan fingerprint density at radius 1 is 1.09 bits per heavy atom. The van der Waals surface area contributed by atoms with Crippen LogP contribution < -0.4 is 4.74 Å². The summed E-state index contributed by atoms with van der Waals surface area (Å²) in [5.74, 6) is -0.909. The van der Waals surface area contributed by atoms with Crippen LogP contribution in [0.25, 0.3) is 26.6 Å². The van der Waals surface area contributed by atoms with Gasteiger partial charge in [-0.05, 0) is 48.0 Å². The Hall–Kier alpha value is -3.88. The van der Waals surface area contributed by atoms with Crippen LogP contribution in [0.5, 0.6) is 17.4 Å². The minimum atomic E-state index is -0.549. The first kappa shape index (κ1) is 21.0. The van der Waals surface area contributed by atoms with Crippen molar-refractivity contribution < 1.29 is 19.7 Å². The number of halogens is 1.